The highest BCUT2D eigenvalue weighted by atomic mass is 19.1. The lowest BCUT2D eigenvalue weighted by molar-refractivity contribution is -0.904. The van der Waals surface area contributed by atoms with Crippen LogP contribution in [0.25, 0.3) is 0 Å². The number of nitrogens with zero attached hydrogens (tertiary/aromatic N) is 1. The number of nitrogens with one attached hydrogen (secondary N) is 2. The van der Waals surface area contributed by atoms with Gasteiger partial charge in [0, 0.05) is 18.3 Å². The minimum atomic E-state index is -0.419. The van der Waals surface area contributed by atoms with Crippen LogP contribution in [-0.4, -0.2) is 50.5 Å². The lowest BCUT2D eigenvalue weighted by Gasteiger charge is -2.22. The number of halogens is 1. The maximum atomic E-state index is 13.9. The zero-order chi connectivity index (χ0) is 22.3. The minimum Gasteiger partial charge on any atom is -0.494 e. The molecule has 2 amide bonds. The molecular weight excluding hydrogens is 385 g/mol. The molecular formula is C23H31FN3O3+. The fourth-order valence-electron chi connectivity index (χ4n) is 3.26. The number of anilines is 1. The lowest BCUT2D eigenvalue weighted by Crippen LogP contribution is -3.11. The first kappa shape index (κ1) is 23.3. The van der Waals surface area contributed by atoms with Crippen LogP contribution in [0.2, 0.25) is 0 Å². The molecule has 0 bridgehead atoms. The zero-order valence-corrected chi connectivity index (χ0v) is 18.3. The Balaban J connectivity index is 1.93. The van der Waals surface area contributed by atoms with E-state index in [-0.39, 0.29) is 30.7 Å². The Bertz CT molecular complexity index is 881. The predicted molar refractivity (Wildman–Crippen MR) is 115 cm³/mol. The van der Waals surface area contributed by atoms with E-state index in [1.54, 1.807) is 19.2 Å². The number of benzene rings is 2. The van der Waals surface area contributed by atoms with E-state index in [0.717, 1.165) is 27.3 Å². The molecule has 0 fully saturated rings. The molecule has 0 saturated carbocycles. The number of methoxy groups -OCH3 is 1. The second-order valence-electron chi connectivity index (χ2n) is 7.49. The SMILES string of the molecule is CC[NH+](CC(=O)N(C)CC(=O)Nc1c(C)cccc1C)Cc1ccc(OC)c(F)c1. The van der Waals surface area contributed by atoms with Crippen molar-refractivity contribution in [2.45, 2.75) is 27.3 Å². The summed E-state index contributed by atoms with van der Waals surface area (Å²) in [7, 11) is 3.04. The highest BCUT2D eigenvalue weighted by molar-refractivity contribution is 5.95. The monoisotopic (exact) mass is 416 g/mol. The quantitative estimate of drug-likeness (QED) is 0.657. The number of carbonyl (C=O) groups is 2. The van der Waals surface area contributed by atoms with Crippen LogP contribution in [0.3, 0.4) is 0 Å². The van der Waals surface area contributed by atoms with Gasteiger partial charge in [-0.05, 0) is 50.1 Å². The maximum absolute atomic E-state index is 13.9. The van der Waals surface area contributed by atoms with E-state index >= 15 is 0 Å². The largest absolute Gasteiger partial charge is 0.494 e. The molecule has 2 aromatic rings. The Kier molecular flexibility index (Phi) is 8.35. The van der Waals surface area contributed by atoms with Gasteiger partial charge < -0.3 is 19.9 Å². The van der Waals surface area contributed by atoms with Gasteiger partial charge in [-0.15, -0.1) is 0 Å². The van der Waals surface area contributed by atoms with Crippen LogP contribution in [0.4, 0.5) is 10.1 Å². The second-order valence-corrected chi connectivity index (χ2v) is 7.49. The molecule has 0 saturated heterocycles. The number of hydrogen-bond acceptors (Lipinski definition) is 3. The van der Waals surface area contributed by atoms with Crippen LogP contribution in [0.5, 0.6) is 5.75 Å². The number of ether oxygens (including phenoxy) is 1. The minimum absolute atomic E-state index is 0.0270. The summed E-state index contributed by atoms with van der Waals surface area (Å²) < 4.78 is 18.9. The molecule has 162 valence electrons. The van der Waals surface area contributed by atoms with Crippen molar-refractivity contribution in [2.75, 3.05) is 39.1 Å². The number of carbonyl (C=O) groups excluding carboxylic acids is 2. The van der Waals surface area contributed by atoms with Crippen LogP contribution in [0.1, 0.15) is 23.6 Å². The maximum Gasteiger partial charge on any atom is 0.277 e. The van der Waals surface area contributed by atoms with E-state index in [4.69, 9.17) is 4.74 Å². The topological polar surface area (TPSA) is 63.1 Å². The van der Waals surface area contributed by atoms with Gasteiger partial charge in [0.15, 0.2) is 18.1 Å². The number of likely N-dealkylation sites (N-methyl/N-ethyl adjacent to an activating group) is 2. The molecule has 0 aromatic heterocycles. The third kappa shape index (κ3) is 6.29. The highest BCUT2D eigenvalue weighted by Gasteiger charge is 2.20. The number of aryl methyl sites for hydroxylation is 2. The van der Waals surface area contributed by atoms with Gasteiger partial charge in [0.1, 0.15) is 6.54 Å². The second kappa shape index (κ2) is 10.7. The number of rotatable bonds is 9. The number of para-hydroxylation sites is 1. The molecule has 7 heteroatoms. The molecule has 6 nitrogen and oxygen atoms in total. The van der Waals surface area contributed by atoms with Crippen molar-refractivity contribution >= 4 is 17.5 Å². The first-order valence-corrected chi connectivity index (χ1v) is 10.0. The summed E-state index contributed by atoms with van der Waals surface area (Å²) in [5.74, 6) is -0.601. The third-order valence-electron chi connectivity index (χ3n) is 5.12. The van der Waals surface area contributed by atoms with E-state index < -0.39 is 5.82 Å². The van der Waals surface area contributed by atoms with Crippen molar-refractivity contribution in [1.29, 1.82) is 0 Å². The fraction of sp³-hybridized carbons (Fsp3) is 0.391. The Labute approximate surface area is 177 Å². The van der Waals surface area contributed by atoms with E-state index in [1.165, 1.54) is 18.1 Å². The molecule has 1 unspecified atom stereocenters. The van der Waals surface area contributed by atoms with Crippen LogP contribution in [0, 0.1) is 19.7 Å². The summed E-state index contributed by atoms with van der Waals surface area (Å²) >= 11 is 0. The van der Waals surface area contributed by atoms with E-state index in [1.807, 2.05) is 39.0 Å². The lowest BCUT2D eigenvalue weighted by atomic mass is 10.1. The smallest absolute Gasteiger partial charge is 0.277 e. The Morgan fingerprint density at radius 1 is 1.17 bits per heavy atom. The van der Waals surface area contributed by atoms with Crippen molar-refractivity contribution in [3.8, 4) is 5.75 Å². The van der Waals surface area contributed by atoms with Gasteiger partial charge in [0.2, 0.25) is 5.91 Å². The third-order valence-corrected chi connectivity index (χ3v) is 5.12. The molecule has 30 heavy (non-hydrogen) atoms. The molecule has 2 aromatic carbocycles. The summed E-state index contributed by atoms with van der Waals surface area (Å²) in [4.78, 5) is 27.4. The molecule has 0 aliphatic heterocycles. The van der Waals surface area contributed by atoms with Crippen molar-refractivity contribution in [1.82, 2.24) is 4.90 Å². The van der Waals surface area contributed by atoms with Gasteiger partial charge in [-0.2, -0.15) is 0 Å². The predicted octanol–water partition coefficient (Wildman–Crippen LogP) is 1.95. The number of hydrogen-bond donors (Lipinski definition) is 2. The van der Waals surface area contributed by atoms with Crippen molar-refractivity contribution < 1.29 is 23.6 Å². The molecule has 0 heterocycles. The summed E-state index contributed by atoms with van der Waals surface area (Å²) in [6.07, 6.45) is 0. The van der Waals surface area contributed by atoms with Crippen molar-refractivity contribution in [3.63, 3.8) is 0 Å². The normalized spacial score (nSPS) is 11.7. The molecule has 2 rings (SSSR count). The van der Waals surface area contributed by atoms with Crippen LogP contribution in [0.15, 0.2) is 36.4 Å². The van der Waals surface area contributed by atoms with Crippen LogP contribution >= 0.6 is 0 Å². The van der Waals surface area contributed by atoms with E-state index in [9.17, 15) is 14.0 Å². The van der Waals surface area contributed by atoms with Crippen molar-refractivity contribution in [2.24, 2.45) is 0 Å². The number of quaternary nitrogens is 1. The summed E-state index contributed by atoms with van der Waals surface area (Å²) in [6.45, 7) is 7.23. The average molecular weight is 417 g/mol. The van der Waals surface area contributed by atoms with Gasteiger partial charge in [-0.1, -0.05) is 18.2 Å². The Morgan fingerprint density at radius 3 is 2.40 bits per heavy atom. The zero-order valence-electron chi connectivity index (χ0n) is 18.3. The van der Waals surface area contributed by atoms with Gasteiger partial charge in [0.25, 0.3) is 5.91 Å². The van der Waals surface area contributed by atoms with E-state index in [0.29, 0.717) is 13.1 Å². The first-order chi connectivity index (χ1) is 14.2. The summed E-state index contributed by atoms with van der Waals surface area (Å²) in [5.41, 5.74) is 3.52. The number of amides is 2. The Hall–Kier alpha value is -2.93. The van der Waals surface area contributed by atoms with Crippen molar-refractivity contribution in [3.05, 3.63) is 58.9 Å². The highest BCUT2D eigenvalue weighted by Crippen LogP contribution is 2.19. The van der Waals surface area contributed by atoms with Gasteiger partial charge in [-0.3, -0.25) is 9.59 Å². The van der Waals surface area contributed by atoms with Crippen LogP contribution in [-0.2, 0) is 16.1 Å². The standard InChI is InChI=1S/C23H30FN3O3/c1-6-27(13-18-10-11-20(30-5)19(24)12-18)15-22(29)26(4)14-21(28)25-23-16(2)8-7-9-17(23)3/h7-12H,6,13-15H2,1-5H3,(H,25,28)/p+1. The molecule has 0 aliphatic carbocycles. The van der Waals surface area contributed by atoms with Gasteiger partial charge in [0.05, 0.1) is 20.2 Å². The molecule has 0 radical (unpaired) electrons. The van der Waals surface area contributed by atoms with Crippen LogP contribution < -0.4 is 15.0 Å². The molecule has 2 N–H and O–H groups in total. The molecule has 1 atom stereocenters. The van der Waals surface area contributed by atoms with Gasteiger partial charge in [-0.25, -0.2) is 4.39 Å². The Morgan fingerprint density at radius 2 is 1.83 bits per heavy atom. The fourth-order valence-corrected chi connectivity index (χ4v) is 3.26. The molecule has 0 aliphatic rings. The summed E-state index contributed by atoms with van der Waals surface area (Å²) in [6, 6.07) is 10.6. The first-order valence-electron chi connectivity index (χ1n) is 10.0. The summed E-state index contributed by atoms with van der Waals surface area (Å²) in [5, 5.41) is 2.90. The average Bonchev–Trinajstić information content (AvgIpc) is 2.70. The van der Waals surface area contributed by atoms with Gasteiger partial charge >= 0.3 is 0 Å². The van der Waals surface area contributed by atoms with E-state index in [2.05, 4.69) is 5.32 Å². The molecule has 0 spiro atoms.